The van der Waals surface area contributed by atoms with Gasteiger partial charge in [-0.05, 0) is 24.6 Å². The van der Waals surface area contributed by atoms with Crippen molar-refractivity contribution < 1.29 is 4.92 Å². The van der Waals surface area contributed by atoms with Crippen molar-refractivity contribution in [2.75, 3.05) is 0 Å². The number of rotatable bonds is 3. The van der Waals surface area contributed by atoms with Crippen molar-refractivity contribution in [1.29, 1.82) is 0 Å². The predicted octanol–water partition coefficient (Wildman–Crippen LogP) is 2.34. The van der Waals surface area contributed by atoms with Gasteiger partial charge in [-0.15, -0.1) is 0 Å². The van der Waals surface area contributed by atoms with E-state index in [4.69, 9.17) is 0 Å². The molecule has 16 heavy (non-hydrogen) atoms. The monoisotopic (exact) mass is 217 g/mol. The summed E-state index contributed by atoms with van der Waals surface area (Å²) in [6.07, 6.45) is 2.59. The molecule has 0 atom stereocenters. The second-order valence-corrected chi connectivity index (χ2v) is 3.36. The quantitative estimate of drug-likeness (QED) is 0.585. The van der Waals surface area contributed by atoms with E-state index in [9.17, 15) is 10.1 Å². The molecule has 0 N–H and O–H groups in total. The molecule has 2 aromatic rings. The van der Waals surface area contributed by atoms with Gasteiger partial charge in [-0.1, -0.05) is 6.92 Å². The van der Waals surface area contributed by atoms with Gasteiger partial charge in [-0.3, -0.25) is 10.1 Å². The summed E-state index contributed by atoms with van der Waals surface area (Å²) in [6.45, 7) is 2.04. The van der Waals surface area contributed by atoms with Crippen LogP contribution in [0.15, 0.2) is 36.5 Å². The molecule has 0 spiro atoms. The first kappa shape index (κ1) is 10.4. The number of non-ortho nitro benzene ring substituents is 1. The number of hydrogen-bond acceptors (Lipinski definition) is 3. The maximum Gasteiger partial charge on any atom is 0.269 e. The molecule has 82 valence electrons. The van der Waals surface area contributed by atoms with Crippen LogP contribution < -0.4 is 0 Å². The molecule has 2 rings (SSSR count). The number of nitrogens with zero attached hydrogens (tertiary/aromatic N) is 3. The normalized spacial score (nSPS) is 10.3. The number of nitro benzene ring substituents is 1. The van der Waals surface area contributed by atoms with E-state index in [1.54, 1.807) is 23.0 Å². The minimum atomic E-state index is -0.409. The van der Waals surface area contributed by atoms with Crippen molar-refractivity contribution >= 4 is 5.69 Å². The van der Waals surface area contributed by atoms with Crippen LogP contribution in [0.4, 0.5) is 5.69 Å². The molecule has 1 heterocycles. The molecule has 1 aromatic heterocycles. The zero-order chi connectivity index (χ0) is 11.5. The van der Waals surface area contributed by atoms with Gasteiger partial charge in [-0.25, -0.2) is 4.68 Å². The highest BCUT2D eigenvalue weighted by Gasteiger charge is 2.07. The third-order valence-electron chi connectivity index (χ3n) is 2.39. The molecule has 5 heteroatoms. The van der Waals surface area contributed by atoms with E-state index in [-0.39, 0.29) is 5.69 Å². The van der Waals surface area contributed by atoms with Crippen LogP contribution in [0, 0.1) is 10.1 Å². The summed E-state index contributed by atoms with van der Waals surface area (Å²) in [5.41, 5.74) is 2.01. The molecule has 5 nitrogen and oxygen atoms in total. The Bertz CT molecular complexity index is 502. The molecular formula is C11H11N3O2. The zero-order valence-corrected chi connectivity index (χ0v) is 8.83. The highest BCUT2D eigenvalue weighted by atomic mass is 16.6. The van der Waals surface area contributed by atoms with Crippen LogP contribution in [0.1, 0.15) is 12.6 Å². The van der Waals surface area contributed by atoms with Gasteiger partial charge >= 0.3 is 0 Å². The van der Waals surface area contributed by atoms with Gasteiger partial charge in [0.15, 0.2) is 0 Å². The van der Waals surface area contributed by atoms with Crippen LogP contribution in [0.2, 0.25) is 0 Å². The number of nitro groups is 1. The van der Waals surface area contributed by atoms with Gasteiger partial charge in [-0.2, -0.15) is 5.10 Å². The molecule has 0 aliphatic heterocycles. The van der Waals surface area contributed by atoms with E-state index in [1.165, 1.54) is 12.1 Å². The third kappa shape index (κ3) is 1.79. The number of benzene rings is 1. The van der Waals surface area contributed by atoms with Crippen LogP contribution in [-0.4, -0.2) is 14.7 Å². The number of hydrogen-bond donors (Lipinski definition) is 0. The first-order chi connectivity index (χ1) is 7.72. The summed E-state index contributed by atoms with van der Waals surface area (Å²) < 4.78 is 1.78. The fourth-order valence-corrected chi connectivity index (χ4v) is 1.55. The summed E-state index contributed by atoms with van der Waals surface area (Å²) in [5.74, 6) is 0. The lowest BCUT2D eigenvalue weighted by Gasteiger charge is -2.04. The van der Waals surface area contributed by atoms with Crippen LogP contribution in [0.3, 0.4) is 0 Å². The topological polar surface area (TPSA) is 61.0 Å². The summed E-state index contributed by atoms with van der Waals surface area (Å²) in [5, 5.41) is 14.7. The molecule has 0 amide bonds. The van der Waals surface area contributed by atoms with E-state index >= 15 is 0 Å². The van der Waals surface area contributed by atoms with Gasteiger partial charge in [0, 0.05) is 24.0 Å². The Morgan fingerprint density at radius 3 is 2.56 bits per heavy atom. The zero-order valence-electron chi connectivity index (χ0n) is 8.83. The van der Waals surface area contributed by atoms with Gasteiger partial charge in [0.2, 0.25) is 0 Å². The Hall–Kier alpha value is -2.17. The average Bonchev–Trinajstić information content (AvgIpc) is 2.77. The van der Waals surface area contributed by atoms with Crippen LogP contribution in [0.25, 0.3) is 5.69 Å². The van der Waals surface area contributed by atoms with Gasteiger partial charge in [0.05, 0.1) is 10.6 Å². The van der Waals surface area contributed by atoms with Crippen LogP contribution in [0.5, 0.6) is 0 Å². The minimum absolute atomic E-state index is 0.0916. The second-order valence-electron chi connectivity index (χ2n) is 3.36. The van der Waals surface area contributed by atoms with Crippen molar-refractivity contribution in [2.45, 2.75) is 13.3 Å². The molecule has 0 radical (unpaired) electrons. The van der Waals surface area contributed by atoms with E-state index in [0.29, 0.717) is 0 Å². The summed E-state index contributed by atoms with van der Waals surface area (Å²) >= 11 is 0. The Morgan fingerprint density at radius 1 is 1.31 bits per heavy atom. The smallest absolute Gasteiger partial charge is 0.258 e. The number of aryl methyl sites for hydroxylation is 1. The van der Waals surface area contributed by atoms with Crippen molar-refractivity contribution in [3.63, 3.8) is 0 Å². The largest absolute Gasteiger partial charge is 0.269 e. The Labute approximate surface area is 92.5 Å². The second kappa shape index (κ2) is 4.14. The molecule has 0 unspecified atom stereocenters. The van der Waals surface area contributed by atoms with Crippen molar-refractivity contribution in [2.24, 2.45) is 0 Å². The van der Waals surface area contributed by atoms with Gasteiger partial charge < -0.3 is 0 Å². The molecule has 0 aliphatic rings. The fourth-order valence-electron chi connectivity index (χ4n) is 1.55. The fraction of sp³-hybridized carbons (Fsp3) is 0.182. The molecule has 0 aliphatic carbocycles. The Balaban J connectivity index is 2.38. The van der Waals surface area contributed by atoms with Crippen LogP contribution in [-0.2, 0) is 6.42 Å². The molecule has 0 saturated carbocycles. The third-order valence-corrected chi connectivity index (χ3v) is 2.39. The first-order valence-electron chi connectivity index (χ1n) is 5.00. The maximum absolute atomic E-state index is 10.5. The van der Waals surface area contributed by atoms with Gasteiger partial charge in [0.25, 0.3) is 5.69 Å². The lowest BCUT2D eigenvalue weighted by Crippen LogP contribution is -2.01. The van der Waals surface area contributed by atoms with Crippen molar-refractivity contribution in [1.82, 2.24) is 9.78 Å². The summed E-state index contributed by atoms with van der Waals surface area (Å²) in [7, 11) is 0. The average molecular weight is 217 g/mol. The predicted molar refractivity (Wildman–Crippen MR) is 59.6 cm³/mol. The summed E-state index contributed by atoms with van der Waals surface area (Å²) in [6, 6.07) is 8.29. The van der Waals surface area contributed by atoms with E-state index in [0.717, 1.165) is 17.8 Å². The van der Waals surface area contributed by atoms with Crippen molar-refractivity contribution in [3.05, 3.63) is 52.3 Å². The lowest BCUT2D eigenvalue weighted by atomic mass is 10.2. The Kier molecular flexibility index (Phi) is 2.68. The van der Waals surface area contributed by atoms with E-state index in [2.05, 4.69) is 5.10 Å². The standard InChI is InChI=1S/C11H11N3O2/c1-2-9-7-8-12-13(9)10-3-5-11(6-4-10)14(15)16/h3-8H,2H2,1H3. The molecule has 0 bridgehead atoms. The molecule has 0 fully saturated rings. The highest BCUT2D eigenvalue weighted by molar-refractivity contribution is 5.41. The first-order valence-corrected chi connectivity index (χ1v) is 5.00. The van der Waals surface area contributed by atoms with Gasteiger partial charge in [0.1, 0.15) is 0 Å². The van der Waals surface area contributed by atoms with Crippen molar-refractivity contribution in [3.8, 4) is 5.69 Å². The van der Waals surface area contributed by atoms with E-state index < -0.39 is 4.92 Å². The van der Waals surface area contributed by atoms with E-state index in [1.807, 2.05) is 13.0 Å². The lowest BCUT2D eigenvalue weighted by molar-refractivity contribution is -0.384. The molecule has 0 saturated heterocycles. The minimum Gasteiger partial charge on any atom is -0.258 e. The number of aromatic nitrogens is 2. The molecule has 1 aromatic carbocycles. The maximum atomic E-state index is 10.5. The SMILES string of the molecule is CCc1ccnn1-c1ccc([N+](=O)[O-])cc1. The van der Waals surface area contributed by atoms with Crippen LogP contribution >= 0.6 is 0 Å². The summed E-state index contributed by atoms with van der Waals surface area (Å²) in [4.78, 5) is 10.1. The Morgan fingerprint density at radius 2 is 2.00 bits per heavy atom. The molecular weight excluding hydrogens is 206 g/mol. The highest BCUT2D eigenvalue weighted by Crippen LogP contribution is 2.16.